The summed E-state index contributed by atoms with van der Waals surface area (Å²) < 4.78 is 63.4. The normalized spacial score (nSPS) is 11.5. The van der Waals surface area contributed by atoms with Crippen LogP contribution < -0.4 is 4.74 Å². The van der Waals surface area contributed by atoms with Crippen molar-refractivity contribution in [1.82, 2.24) is 0 Å². The van der Waals surface area contributed by atoms with Crippen LogP contribution in [0, 0.1) is 5.82 Å². The van der Waals surface area contributed by atoms with Gasteiger partial charge in [-0.15, -0.1) is 13.2 Å². The lowest BCUT2D eigenvalue weighted by Gasteiger charge is -2.11. The molecule has 0 aromatic heterocycles. The summed E-state index contributed by atoms with van der Waals surface area (Å²) in [4.78, 5) is 0. The van der Waals surface area contributed by atoms with Gasteiger partial charge in [0.15, 0.2) is 11.6 Å². The Morgan fingerprint density at radius 1 is 1.21 bits per heavy atom. The first kappa shape index (κ1) is 10.7. The lowest BCUT2D eigenvalue weighted by Crippen LogP contribution is -2.18. The third kappa shape index (κ3) is 2.58. The van der Waals surface area contributed by atoms with E-state index in [-0.39, 0.29) is 0 Å². The summed E-state index contributed by atoms with van der Waals surface area (Å²) in [5.41, 5.74) is -0.470. The van der Waals surface area contributed by atoms with Crippen molar-refractivity contribution in [3.05, 3.63) is 29.6 Å². The van der Waals surface area contributed by atoms with Gasteiger partial charge in [-0.25, -0.2) is 8.78 Å². The molecule has 78 valence electrons. The number of alkyl halides is 4. The number of para-hydroxylation sites is 1. The molecule has 1 nitrogen and oxygen atoms in total. The monoisotopic (exact) mass is 212 g/mol. The average Bonchev–Trinajstić information content (AvgIpc) is 2.06. The van der Waals surface area contributed by atoms with E-state index in [1.807, 2.05) is 0 Å². The predicted molar refractivity (Wildman–Crippen MR) is 37.9 cm³/mol. The van der Waals surface area contributed by atoms with Crippen LogP contribution >= 0.6 is 0 Å². The average molecular weight is 212 g/mol. The highest BCUT2D eigenvalue weighted by atomic mass is 19.4. The molecule has 0 aliphatic heterocycles. The molecule has 0 fully saturated rings. The van der Waals surface area contributed by atoms with Gasteiger partial charge in [0.1, 0.15) is 6.67 Å². The van der Waals surface area contributed by atoms with E-state index in [0.29, 0.717) is 0 Å². The van der Waals surface area contributed by atoms with E-state index in [9.17, 15) is 22.0 Å². The van der Waals surface area contributed by atoms with Gasteiger partial charge >= 0.3 is 6.36 Å². The molecule has 6 heteroatoms. The van der Waals surface area contributed by atoms with Crippen molar-refractivity contribution in [2.24, 2.45) is 0 Å². The minimum absolute atomic E-state index is 0.470. The number of hydrogen-bond acceptors (Lipinski definition) is 1. The lowest BCUT2D eigenvalue weighted by atomic mass is 10.2. The van der Waals surface area contributed by atoms with Gasteiger partial charge in [-0.3, -0.25) is 0 Å². The van der Waals surface area contributed by atoms with Gasteiger partial charge in [0, 0.05) is 5.56 Å². The van der Waals surface area contributed by atoms with Crippen LogP contribution in [-0.4, -0.2) is 6.36 Å². The quantitative estimate of drug-likeness (QED) is 0.684. The molecule has 0 bridgehead atoms. The van der Waals surface area contributed by atoms with Crippen molar-refractivity contribution in [3.8, 4) is 5.75 Å². The summed E-state index contributed by atoms with van der Waals surface area (Å²) in [6, 6.07) is 2.89. The Kier molecular flexibility index (Phi) is 2.93. The van der Waals surface area contributed by atoms with E-state index in [2.05, 4.69) is 4.74 Å². The van der Waals surface area contributed by atoms with Crippen LogP contribution in [0.1, 0.15) is 5.56 Å². The second-order valence-electron chi connectivity index (χ2n) is 2.41. The van der Waals surface area contributed by atoms with Crippen molar-refractivity contribution in [1.29, 1.82) is 0 Å². The smallest absolute Gasteiger partial charge is 0.402 e. The van der Waals surface area contributed by atoms with Crippen molar-refractivity contribution >= 4 is 0 Å². The van der Waals surface area contributed by atoms with E-state index in [1.54, 1.807) is 0 Å². The third-order valence-corrected chi connectivity index (χ3v) is 1.41. The fraction of sp³-hybridized carbons (Fsp3) is 0.250. The standard InChI is InChI=1S/C8H5F5O/c9-4-5-2-1-3-6(10)7(5)14-8(11,12)13/h1-3H,4H2. The zero-order valence-electron chi connectivity index (χ0n) is 6.74. The molecule has 0 radical (unpaired) electrons. The van der Waals surface area contributed by atoms with Crippen LogP contribution in [-0.2, 0) is 6.67 Å². The minimum atomic E-state index is -5.02. The van der Waals surface area contributed by atoms with Gasteiger partial charge in [-0.1, -0.05) is 12.1 Å². The maximum atomic E-state index is 12.8. The molecular weight excluding hydrogens is 207 g/mol. The van der Waals surface area contributed by atoms with Gasteiger partial charge < -0.3 is 4.74 Å². The zero-order valence-corrected chi connectivity index (χ0v) is 6.74. The van der Waals surface area contributed by atoms with Crippen LogP contribution in [0.15, 0.2) is 18.2 Å². The molecule has 0 atom stereocenters. The summed E-state index contributed by atoms with van der Waals surface area (Å²) >= 11 is 0. The Bertz CT molecular complexity index is 320. The van der Waals surface area contributed by atoms with Gasteiger partial charge in [-0.2, -0.15) is 0 Å². The molecule has 1 aromatic rings. The van der Waals surface area contributed by atoms with Crippen molar-refractivity contribution in [3.63, 3.8) is 0 Å². The van der Waals surface area contributed by atoms with E-state index in [4.69, 9.17) is 0 Å². The number of rotatable bonds is 2. The largest absolute Gasteiger partial charge is 0.573 e. The summed E-state index contributed by atoms with van der Waals surface area (Å²) in [7, 11) is 0. The van der Waals surface area contributed by atoms with Gasteiger partial charge in [0.05, 0.1) is 0 Å². The minimum Gasteiger partial charge on any atom is -0.402 e. The Morgan fingerprint density at radius 3 is 2.36 bits per heavy atom. The highest BCUT2D eigenvalue weighted by Gasteiger charge is 2.33. The molecule has 0 saturated heterocycles. The molecule has 1 rings (SSSR count). The number of hydrogen-bond donors (Lipinski definition) is 0. The first-order valence-electron chi connectivity index (χ1n) is 3.53. The van der Waals surface area contributed by atoms with E-state index in [0.717, 1.165) is 18.2 Å². The van der Waals surface area contributed by atoms with Crippen LogP contribution in [0.4, 0.5) is 22.0 Å². The molecular formula is C8H5F5O. The second-order valence-corrected chi connectivity index (χ2v) is 2.41. The van der Waals surface area contributed by atoms with Crippen LogP contribution in [0.3, 0.4) is 0 Å². The molecule has 0 spiro atoms. The maximum Gasteiger partial charge on any atom is 0.573 e. The van der Waals surface area contributed by atoms with E-state index >= 15 is 0 Å². The van der Waals surface area contributed by atoms with Crippen molar-refractivity contribution in [2.45, 2.75) is 13.0 Å². The topological polar surface area (TPSA) is 9.23 Å². The molecule has 1 aromatic carbocycles. The van der Waals surface area contributed by atoms with E-state index in [1.165, 1.54) is 0 Å². The first-order valence-corrected chi connectivity index (χ1v) is 3.53. The Hall–Kier alpha value is -1.33. The summed E-state index contributed by atoms with van der Waals surface area (Å²) in [5, 5.41) is 0. The summed E-state index contributed by atoms with van der Waals surface area (Å²) in [6.45, 7) is -1.22. The second kappa shape index (κ2) is 3.81. The van der Waals surface area contributed by atoms with Gasteiger partial charge in [0.2, 0.25) is 0 Å². The highest BCUT2D eigenvalue weighted by Crippen LogP contribution is 2.29. The lowest BCUT2D eigenvalue weighted by molar-refractivity contribution is -0.276. The van der Waals surface area contributed by atoms with Crippen LogP contribution in [0.5, 0.6) is 5.75 Å². The molecule has 0 unspecified atom stereocenters. The molecule has 0 aliphatic rings. The number of halogens is 5. The first-order chi connectivity index (χ1) is 6.44. The highest BCUT2D eigenvalue weighted by molar-refractivity contribution is 5.34. The fourth-order valence-corrected chi connectivity index (χ4v) is 0.889. The molecule has 0 aliphatic carbocycles. The van der Waals surface area contributed by atoms with Crippen LogP contribution in [0.25, 0.3) is 0 Å². The maximum absolute atomic E-state index is 12.8. The fourth-order valence-electron chi connectivity index (χ4n) is 0.889. The summed E-state index contributed by atoms with van der Waals surface area (Å²) in [5.74, 6) is -2.35. The SMILES string of the molecule is FCc1cccc(F)c1OC(F)(F)F. The third-order valence-electron chi connectivity index (χ3n) is 1.41. The van der Waals surface area contributed by atoms with E-state index < -0.39 is 30.2 Å². The van der Waals surface area contributed by atoms with Crippen LogP contribution in [0.2, 0.25) is 0 Å². The predicted octanol–water partition coefficient (Wildman–Crippen LogP) is 3.19. The molecule has 0 amide bonds. The number of benzene rings is 1. The molecule has 0 heterocycles. The Morgan fingerprint density at radius 2 is 1.86 bits per heavy atom. The van der Waals surface area contributed by atoms with Crippen molar-refractivity contribution in [2.75, 3.05) is 0 Å². The molecule has 0 saturated carbocycles. The van der Waals surface area contributed by atoms with Crippen molar-refractivity contribution < 1.29 is 26.7 Å². The molecule has 14 heavy (non-hydrogen) atoms. The van der Waals surface area contributed by atoms with Gasteiger partial charge in [0.25, 0.3) is 0 Å². The zero-order chi connectivity index (χ0) is 10.8. The Balaban J connectivity index is 3.05. The Labute approximate surface area is 76.1 Å². The molecule has 0 N–H and O–H groups in total. The number of ether oxygens (including phenoxy) is 1. The summed E-state index contributed by atoms with van der Waals surface area (Å²) in [6.07, 6.45) is -5.02. The van der Waals surface area contributed by atoms with Gasteiger partial charge in [-0.05, 0) is 6.07 Å².